The third-order valence-corrected chi connectivity index (χ3v) is 2.67. The Hall–Kier alpha value is -1.81. The number of aryl methyl sites for hydroxylation is 1. The molecule has 0 saturated heterocycles. The molecular formula is C12H14N2O2. The number of aromatic nitrogens is 1. The first-order valence-corrected chi connectivity index (χ1v) is 5.04. The largest absolute Gasteiger partial charge is 0.358 e. The van der Waals surface area contributed by atoms with E-state index >= 15 is 0 Å². The van der Waals surface area contributed by atoms with E-state index in [9.17, 15) is 4.79 Å². The summed E-state index contributed by atoms with van der Waals surface area (Å²) in [5.74, 6) is -0.141. The van der Waals surface area contributed by atoms with Crippen molar-refractivity contribution < 1.29 is 9.63 Å². The second-order valence-electron chi connectivity index (χ2n) is 3.66. The van der Waals surface area contributed by atoms with E-state index in [1.807, 2.05) is 31.2 Å². The van der Waals surface area contributed by atoms with E-state index in [0.29, 0.717) is 5.56 Å². The molecule has 1 N–H and O–H groups in total. The lowest BCUT2D eigenvalue weighted by Gasteiger charge is -2.13. The predicted octanol–water partition coefficient (Wildman–Crippen LogP) is 2.11. The molecule has 0 aliphatic rings. The van der Waals surface area contributed by atoms with Gasteiger partial charge < -0.3 is 4.98 Å². The monoisotopic (exact) mass is 218 g/mol. The van der Waals surface area contributed by atoms with Crippen molar-refractivity contribution in [1.29, 1.82) is 0 Å². The maximum absolute atomic E-state index is 12.1. The number of rotatable bonds is 2. The Balaban J connectivity index is 2.59. The summed E-state index contributed by atoms with van der Waals surface area (Å²) >= 11 is 0. The van der Waals surface area contributed by atoms with Crippen LogP contribution in [-0.4, -0.2) is 30.1 Å². The quantitative estimate of drug-likeness (QED) is 0.785. The minimum Gasteiger partial charge on any atom is -0.358 e. The van der Waals surface area contributed by atoms with E-state index in [1.54, 1.807) is 7.05 Å². The highest BCUT2D eigenvalue weighted by Gasteiger charge is 2.18. The van der Waals surface area contributed by atoms with Crippen molar-refractivity contribution in [1.82, 2.24) is 10.0 Å². The molecule has 1 heterocycles. The number of aromatic amines is 1. The standard InChI is InChI=1S/C12H14N2O2/c1-8-11(12(15)14(2)16-3)9-6-4-5-7-10(9)13-8/h4-7,13H,1-3H3. The summed E-state index contributed by atoms with van der Waals surface area (Å²) in [7, 11) is 3.08. The molecule has 0 aliphatic heterocycles. The zero-order valence-electron chi connectivity index (χ0n) is 9.57. The number of fused-ring (bicyclic) bond motifs is 1. The molecular weight excluding hydrogens is 204 g/mol. The van der Waals surface area contributed by atoms with Gasteiger partial charge in [0, 0.05) is 23.6 Å². The second kappa shape index (κ2) is 3.98. The summed E-state index contributed by atoms with van der Waals surface area (Å²) in [6, 6.07) is 7.73. The average Bonchev–Trinajstić information content (AvgIpc) is 2.63. The minimum absolute atomic E-state index is 0.141. The number of amides is 1. The van der Waals surface area contributed by atoms with Gasteiger partial charge in [-0.05, 0) is 13.0 Å². The molecule has 84 valence electrons. The van der Waals surface area contributed by atoms with Gasteiger partial charge >= 0.3 is 0 Å². The van der Waals surface area contributed by atoms with Gasteiger partial charge in [0.15, 0.2) is 0 Å². The molecule has 0 fully saturated rings. The lowest BCUT2D eigenvalue weighted by Crippen LogP contribution is -2.25. The van der Waals surface area contributed by atoms with Crippen molar-refractivity contribution in [2.75, 3.05) is 14.2 Å². The molecule has 0 radical (unpaired) electrons. The molecule has 4 nitrogen and oxygen atoms in total. The smallest absolute Gasteiger partial charge is 0.279 e. The maximum atomic E-state index is 12.1. The van der Waals surface area contributed by atoms with Crippen LogP contribution in [0.1, 0.15) is 16.1 Å². The number of hydrogen-bond acceptors (Lipinski definition) is 2. The summed E-state index contributed by atoms with van der Waals surface area (Å²) in [6.07, 6.45) is 0. The van der Waals surface area contributed by atoms with Crippen molar-refractivity contribution in [2.45, 2.75) is 6.92 Å². The number of H-pyrrole nitrogens is 1. The van der Waals surface area contributed by atoms with Crippen molar-refractivity contribution in [3.63, 3.8) is 0 Å². The molecule has 0 atom stereocenters. The first-order valence-electron chi connectivity index (χ1n) is 5.04. The van der Waals surface area contributed by atoms with Gasteiger partial charge in [0.1, 0.15) is 0 Å². The Labute approximate surface area is 93.8 Å². The van der Waals surface area contributed by atoms with E-state index in [4.69, 9.17) is 4.84 Å². The van der Waals surface area contributed by atoms with E-state index in [1.165, 1.54) is 12.2 Å². The molecule has 4 heteroatoms. The van der Waals surface area contributed by atoms with Crippen LogP contribution in [0.15, 0.2) is 24.3 Å². The zero-order valence-corrected chi connectivity index (χ0v) is 9.57. The van der Waals surface area contributed by atoms with Gasteiger partial charge in [-0.2, -0.15) is 0 Å². The molecule has 2 rings (SSSR count). The Morgan fingerprint density at radius 1 is 1.38 bits per heavy atom. The number of nitrogens with one attached hydrogen (secondary N) is 1. The van der Waals surface area contributed by atoms with Gasteiger partial charge in [0.05, 0.1) is 12.7 Å². The molecule has 1 aromatic carbocycles. The Morgan fingerprint density at radius 2 is 2.06 bits per heavy atom. The Morgan fingerprint density at radius 3 is 2.75 bits per heavy atom. The lowest BCUT2D eigenvalue weighted by molar-refractivity contribution is -0.0756. The van der Waals surface area contributed by atoms with Crippen LogP contribution in [0, 0.1) is 6.92 Å². The summed E-state index contributed by atoms with van der Waals surface area (Å²) in [6.45, 7) is 1.89. The van der Waals surface area contributed by atoms with Crippen molar-refractivity contribution in [3.05, 3.63) is 35.5 Å². The number of hydrogen-bond donors (Lipinski definition) is 1. The average molecular weight is 218 g/mol. The summed E-state index contributed by atoms with van der Waals surface area (Å²) in [5.41, 5.74) is 2.49. The molecule has 1 amide bonds. The van der Waals surface area contributed by atoms with Gasteiger partial charge in [0.2, 0.25) is 0 Å². The molecule has 0 bridgehead atoms. The second-order valence-corrected chi connectivity index (χ2v) is 3.66. The highest BCUT2D eigenvalue weighted by molar-refractivity contribution is 6.07. The molecule has 0 aliphatic carbocycles. The fraction of sp³-hybridized carbons (Fsp3) is 0.250. The third-order valence-electron chi connectivity index (χ3n) is 2.67. The fourth-order valence-corrected chi connectivity index (χ4v) is 1.79. The number of benzene rings is 1. The van der Waals surface area contributed by atoms with Crippen LogP contribution in [0.2, 0.25) is 0 Å². The topological polar surface area (TPSA) is 45.3 Å². The lowest BCUT2D eigenvalue weighted by atomic mass is 10.1. The van der Waals surface area contributed by atoms with Crippen LogP contribution in [-0.2, 0) is 4.84 Å². The molecule has 0 saturated carbocycles. The fourth-order valence-electron chi connectivity index (χ4n) is 1.79. The van der Waals surface area contributed by atoms with Gasteiger partial charge in [-0.15, -0.1) is 0 Å². The van der Waals surface area contributed by atoms with Crippen LogP contribution < -0.4 is 0 Å². The summed E-state index contributed by atoms with van der Waals surface area (Å²) in [5, 5.41) is 2.15. The first kappa shape index (κ1) is 10.7. The van der Waals surface area contributed by atoms with Crippen molar-refractivity contribution in [3.8, 4) is 0 Å². The molecule has 0 spiro atoms. The Bertz CT molecular complexity index is 531. The van der Waals surface area contributed by atoms with Crippen LogP contribution in [0.5, 0.6) is 0 Å². The number of carbonyl (C=O) groups is 1. The number of hydroxylamine groups is 2. The van der Waals surface area contributed by atoms with Crippen LogP contribution in [0.25, 0.3) is 10.9 Å². The van der Waals surface area contributed by atoms with Crippen LogP contribution >= 0.6 is 0 Å². The van der Waals surface area contributed by atoms with E-state index in [-0.39, 0.29) is 5.91 Å². The minimum atomic E-state index is -0.141. The van der Waals surface area contributed by atoms with Crippen molar-refractivity contribution >= 4 is 16.8 Å². The van der Waals surface area contributed by atoms with Gasteiger partial charge in [-0.3, -0.25) is 9.63 Å². The van der Waals surface area contributed by atoms with E-state index < -0.39 is 0 Å². The predicted molar refractivity (Wildman–Crippen MR) is 62.1 cm³/mol. The molecule has 1 aromatic heterocycles. The van der Waals surface area contributed by atoms with Gasteiger partial charge in [-0.1, -0.05) is 18.2 Å². The third kappa shape index (κ3) is 1.57. The van der Waals surface area contributed by atoms with E-state index in [0.717, 1.165) is 16.6 Å². The number of para-hydroxylation sites is 1. The van der Waals surface area contributed by atoms with Crippen molar-refractivity contribution in [2.24, 2.45) is 0 Å². The SMILES string of the molecule is CON(C)C(=O)c1c(C)[nH]c2ccccc12. The maximum Gasteiger partial charge on any atom is 0.279 e. The van der Waals surface area contributed by atoms with Gasteiger partial charge in [-0.25, -0.2) is 5.06 Å². The highest BCUT2D eigenvalue weighted by atomic mass is 16.7. The molecule has 2 aromatic rings. The summed E-state index contributed by atoms with van der Waals surface area (Å²) in [4.78, 5) is 20.1. The highest BCUT2D eigenvalue weighted by Crippen LogP contribution is 2.22. The first-order chi connectivity index (χ1) is 7.65. The normalized spacial score (nSPS) is 10.7. The van der Waals surface area contributed by atoms with E-state index in [2.05, 4.69) is 4.98 Å². The van der Waals surface area contributed by atoms with Gasteiger partial charge in [0.25, 0.3) is 5.91 Å². The zero-order chi connectivity index (χ0) is 11.7. The molecule has 16 heavy (non-hydrogen) atoms. The number of nitrogens with zero attached hydrogens (tertiary/aromatic N) is 1. The van der Waals surface area contributed by atoms with Crippen LogP contribution in [0.3, 0.4) is 0 Å². The summed E-state index contributed by atoms with van der Waals surface area (Å²) < 4.78 is 0. The number of carbonyl (C=O) groups excluding carboxylic acids is 1. The Kier molecular flexibility index (Phi) is 2.66. The van der Waals surface area contributed by atoms with Crippen LogP contribution in [0.4, 0.5) is 0 Å². The molecule has 0 unspecified atom stereocenters.